The van der Waals surface area contributed by atoms with Gasteiger partial charge < -0.3 is 94.4 Å². The van der Waals surface area contributed by atoms with E-state index in [1.165, 1.54) is 27.9 Å². The third-order valence-electron chi connectivity index (χ3n) is 32.9. The van der Waals surface area contributed by atoms with Crippen molar-refractivity contribution in [3.63, 3.8) is 0 Å². The number of hydrogen-bond donors (Lipinski definition) is 6. The largest absolute Gasteiger partial charge is 0.481 e. The molecule has 6 N–H and O–H groups in total. The number of aliphatic hydroxyl groups is 2. The van der Waals surface area contributed by atoms with Crippen molar-refractivity contribution in [2.24, 2.45) is 104 Å². The summed E-state index contributed by atoms with van der Waals surface area (Å²) in [6.07, 6.45) is 8.61. The number of azide groups is 1. The zero-order valence-corrected chi connectivity index (χ0v) is 88.0. The van der Waals surface area contributed by atoms with Crippen molar-refractivity contribution in [2.45, 2.75) is 146 Å². The van der Waals surface area contributed by atoms with Crippen LogP contribution in [0.4, 0.5) is 33.2 Å². The lowest BCUT2D eigenvalue weighted by Crippen LogP contribution is -2.51. The minimum absolute atomic E-state index is 0.00605. The highest BCUT2D eigenvalue weighted by Crippen LogP contribution is 2.56. The van der Waals surface area contributed by atoms with E-state index in [4.69, 9.17) is 37.8 Å². The number of aliphatic hydroxyl groups excluding tert-OH is 2. The molecular formula is C111H149FN20O17. The first-order chi connectivity index (χ1) is 70.8. The number of carbonyl (C=O) groups excluding carboxylic acids is 9. The van der Waals surface area contributed by atoms with E-state index in [1.807, 2.05) is 145 Å². The molecule has 149 heavy (non-hydrogen) atoms. The molecule has 38 heteroatoms. The minimum atomic E-state index is -2.27. The van der Waals surface area contributed by atoms with Gasteiger partial charge in [0.15, 0.2) is 12.2 Å². The van der Waals surface area contributed by atoms with Crippen LogP contribution < -0.4 is 5.32 Å². The van der Waals surface area contributed by atoms with E-state index in [9.17, 15) is 72.3 Å². The molecule has 18 rings (SSSR count). The zero-order valence-electron chi connectivity index (χ0n) is 88.0. The number of likely N-dealkylation sites (tertiary alicyclic amines) is 7. The van der Waals surface area contributed by atoms with Crippen LogP contribution in [-0.2, 0) is 60.9 Å². The molecule has 7 saturated heterocycles. The van der Waals surface area contributed by atoms with Gasteiger partial charge in [0, 0.05) is 190 Å². The summed E-state index contributed by atoms with van der Waals surface area (Å²) in [4.78, 5) is 170. The fourth-order valence-electron chi connectivity index (χ4n) is 26.1. The van der Waals surface area contributed by atoms with E-state index >= 15 is 0 Å². The summed E-state index contributed by atoms with van der Waals surface area (Å²) in [5, 5.41) is 68.0. The van der Waals surface area contributed by atoms with Gasteiger partial charge in [-0.1, -0.05) is 152 Å². The SMILES string of the molecule is CN(C)C(=O)N1C[C@@H]2CC(C#N)(Cc3ccccc3)C[C@@H]2C1.CN(C)C(=O)N1C[C@@H]2CC(C=O)(Cc3ccccc3)C[C@@H]2C1.CN(C)C(=O)N1C[C@@H]2CC(Cc3ccccc3)(C(=O)N=[N+]=[N-])C[C@@H]2C1.CN(C)C(=O)N1C[C@@H]2CC(Cc3ccccc3)(C(=O)O)C[C@@H]2C1.CN(C)C(=O)N1C[C@H]2CC(C#N)C[C@H]2C1.O=C(O)C(O)C(O)C(=O)O.[C-]#[N+][C@@H]1C[C@H](F)CN1C(=O)CNC1(Cc2ccccc2)C[C@H]2CN(C(=O)N(C)C)C[C@H]2C1. The first kappa shape index (κ1) is 114. The predicted molar refractivity (Wildman–Crippen MR) is 554 cm³/mol. The molecule has 5 aromatic rings. The maximum absolute atomic E-state index is 13.8. The number of benzene rings is 5. The maximum Gasteiger partial charge on any atom is 0.335 e. The summed E-state index contributed by atoms with van der Waals surface area (Å²) in [5.41, 5.74) is 12.5. The van der Waals surface area contributed by atoms with Crippen LogP contribution in [0.1, 0.15) is 111 Å². The third-order valence-corrected chi connectivity index (χ3v) is 32.9. The smallest absolute Gasteiger partial charge is 0.335 e. The molecule has 14 amide bonds. The maximum atomic E-state index is 13.8. The van der Waals surface area contributed by atoms with Crippen molar-refractivity contribution in [1.29, 1.82) is 10.5 Å². The summed E-state index contributed by atoms with van der Waals surface area (Å²) in [5.74, 6) is 0.424. The number of carbonyl (C=O) groups is 12. The van der Waals surface area contributed by atoms with Crippen molar-refractivity contribution in [3.05, 3.63) is 201 Å². The molecule has 37 nitrogen and oxygen atoms in total. The number of nitrogens with zero attached hydrogens (tertiary/aromatic N) is 19. The van der Waals surface area contributed by atoms with Crippen LogP contribution in [0.15, 0.2) is 157 Å². The third kappa shape index (κ3) is 28.4. The van der Waals surface area contributed by atoms with Crippen LogP contribution in [-0.4, -0.2) is 368 Å². The van der Waals surface area contributed by atoms with E-state index in [1.54, 1.807) is 114 Å². The number of urea groups is 6. The lowest BCUT2D eigenvalue weighted by Gasteiger charge is -2.34. The van der Waals surface area contributed by atoms with E-state index in [-0.39, 0.29) is 102 Å². The average molecular weight is 2050 g/mol. The van der Waals surface area contributed by atoms with Gasteiger partial charge in [-0.15, -0.1) is 0 Å². The summed E-state index contributed by atoms with van der Waals surface area (Å²) >= 11 is 0. The van der Waals surface area contributed by atoms with Crippen LogP contribution in [0, 0.1) is 128 Å². The Bertz CT molecular complexity index is 5570. The number of nitrogens with one attached hydrogen (secondary N) is 1. The fraction of sp³-hybridized carbons (Fsp3) is 0.595. The van der Waals surface area contributed by atoms with Crippen molar-refractivity contribution in [2.75, 3.05) is 176 Å². The number of aliphatic carboxylic acids is 3. The Morgan fingerprint density at radius 1 is 0.423 bits per heavy atom. The molecule has 7 aliphatic heterocycles. The number of carboxylic acid groups (broad SMARTS) is 3. The van der Waals surface area contributed by atoms with Crippen molar-refractivity contribution in [3.8, 4) is 12.1 Å². The van der Waals surface area contributed by atoms with Crippen molar-refractivity contribution < 1.29 is 87.5 Å². The van der Waals surface area contributed by atoms with Gasteiger partial charge >= 0.3 is 60.3 Å². The molecule has 5 aromatic carbocycles. The second-order valence-corrected chi connectivity index (χ2v) is 45.2. The van der Waals surface area contributed by atoms with Gasteiger partial charge in [0.2, 0.25) is 11.8 Å². The highest BCUT2D eigenvalue weighted by Gasteiger charge is 2.58. The average Bonchev–Trinajstić information content (AvgIpc) is 1.59. The van der Waals surface area contributed by atoms with Crippen molar-refractivity contribution >= 4 is 72.2 Å². The summed E-state index contributed by atoms with van der Waals surface area (Å²) in [7, 11) is 21.3. The second-order valence-electron chi connectivity index (χ2n) is 45.2. The summed E-state index contributed by atoms with van der Waals surface area (Å²) in [6.45, 7) is 16.5. The predicted octanol–water partition coefficient (Wildman–Crippen LogP) is 12.0. The van der Waals surface area contributed by atoms with Gasteiger partial charge in [0.05, 0.1) is 42.5 Å². The van der Waals surface area contributed by atoms with E-state index in [0.29, 0.717) is 124 Å². The Hall–Kier alpha value is -13.5. The molecule has 0 radical (unpaired) electrons. The molecule has 8 unspecified atom stereocenters. The Morgan fingerprint density at radius 2 is 0.711 bits per heavy atom. The summed E-state index contributed by atoms with van der Waals surface area (Å²) < 4.78 is 13.8. The first-order valence-electron chi connectivity index (χ1n) is 51.7. The highest BCUT2D eigenvalue weighted by atomic mass is 19.1. The number of nitriles is 2. The number of carboxylic acids is 3. The summed E-state index contributed by atoms with van der Waals surface area (Å²) in [6, 6.07) is 55.9. The number of halogens is 1. The van der Waals surface area contributed by atoms with E-state index in [0.717, 1.165) is 134 Å². The quantitative estimate of drug-likeness (QED) is 0.0147. The standard InChI is InChI=1S/C24H32FN5O2.C18H23N5O2.C18H23N3O.C18H24N2O3.C18H24N2O2.C11H17N3O.C4H6O6/c1-26-21-9-20(25)16-30(21)22(31)13-27-24(10-17-7-5-4-6-8-17)11-18-14-29(15-19(18)12-24)23(32)28(2)3;1-22(2)17(25)23-11-14-9-18(10-15(14)12-23,16(24)20-21-19)8-13-6-4-3-5-7-13;1-20(2)17(22)21-11-15-9-18(13-19,10-16(15)12-21)8-14-6-4-3-5-7-14;1-19(2)17(23)20-11-14-9-18(16(21)22,10-15(14)12-20)8-13-6-4-3-5-7-13;1-19(2)17(22)20-11-15-9-18(13-21,10-16(15)12-20)8-14-6-4-3-5-7-14;1-13(2)11(15)14-6-9-3-8(5-12)4-10(9)7-14;5-1(3(7)8)2(6)4(9)10/h4-8,18-21,27H,9-16H2,2-3H3;3-7,14-15H,8-12H2,1-2H3;3-7,15-16H,8-12H2,1-2H3;3-7,14-15H,8-12H2,1-2H3,(H,21,22);3-7,13,15-16H,8-12H2,1-2H3;8-10H,3-4,6-7H2,1-2H3;1-2,5-6H,(H,7,8)(H,9,10)/t18-,19+,20-,21-,24?;14-,15+,18?;15-,16+,18?;14-,15+,18?;15-,16+,18?;8?,9-,10+;/m0....../s1. The molecule has 13 fully saturated rings. The Labute approximate surface area is 873 Å². The second kappa shape index (κ2) is 50.2. The zero-order chi connectivity index (χ0) is 108. The van der Waals surface area contributed by atoms with Gasteiger partial charge in [-0.25, -0.2) is 49.3 Å². The van der Waals surface area contributed by atoms with Gasteiger partial charge in [-0.05, 0) is 219 Å². The number of fused-ring (bicyclic) bond motifs is 6. The van der Waals surface area contributed by atoms with Crippen molar-refractivity contribution in [1.82, 2.24) is 69.0 Å². The Morgan fingerprint density at radius 3 is 1.01 bits per heavy atom. The van der Waals surface area contributed by atoms with Crippen LogP contribution in [0.25, 0.3) is 15.3 Å². The minimum Gasteiger partial charge on any atom is -0.481 e. The first-order valence-corrected chi connectivity index (χ1v) is 51.7. The molecule has 6 saturated carbocycles. The molecule has 802 valence electrons. The highest BCUT2D eigenvalue weighted by molar-refractivity contribution is 5.85. The monoisotopic (exact) mass is 2050 g/mol. The molecule has 22 atom stereocenters. The lowest BCUT2D eigenvalue weighted by molar-refractivity contribution is -0.165. The van der Waals surface area contributed by atoms with Gasteiger partial charge in [0.25, 0.3) is 0 Å². The molecule has 7 heterocycles. The molecular weight excluding hydrogens is 1900 g/mol. The number of amides is 14. The number of aldehydes is 1. The molecule has 0 spiro atoms. The molecule has 0 bridgehead atoms. The van der Waals surface area contributed by atoms with Crippen LogP contribution >= 0.6 is 0 Å². The van der Waals surface area contributed by atoms with Gasteiger partial charge in [0.1, 0.15) is 12.5 Å². The van der Waals surface area contributed by atoms with E-state index in [2.05, 4.69) is 68.7 Å². The normalized spacial score (nSPS) is 29.2. The molecule has 13 aliphatic rings. The van der Waals surface area contributed by atoms with Gasteiger partial charge in [-0.3, -0.25) is 24.1 Å². The fourth-order valence-corrected chi connectivity index (χ4v) is 26.1. The number of hydrogen-bond acceptors (Lipinski definition) is 17. The Kier molecular flexibility index (Phi) is 38.5. The number of rotatable bonds is 19. The van der Waals surface area contributed by atoms with Crippen LogP contribution in [0.3, 0.4) is 0 Å². The lowest BCUT2D eigenvalue weighted by atomic mass is 9.78. The Balaban J connectivity index is 0.000000157. The molecule has 6 aliphatic carbocycles. The molecule has 0 aromatic heterocycles. The van der Waals surface area contributed by atoms with Crippen LogP contribution in [0.2, 0.25) is 0 Å². The van der Waals surface area contributed by atoms with Crippen LogP contribution in [0.5, 0.6) is 0 Å². The number of alkyl halides is 1. The van der Waals surface area contributed by atoms with Gasteiger partial charge in [-0.2, -0.15) is 10.5 Å². The van der Waals surface area contributed by atoms with E-state index < -0.39 is 53.3 Å². The topological polar surface area (TPSA) is 461 Å².